The summed E-state index contributed by atoms with van der Waals surface area (Å²) in [5.74, 6) is 0.998. The van der Waals surface area contributed by atoms with Gasteiger partial charge in [-0.1, -0.05) is 29.5 Å². The van der Waals surface area contributed by atoms with Gasteiger partial charge in [0.2, 0.25) is 9.84 Å². The largest absolute Gasteiger partial charge is 0.361 e. The standard InChI is InChI=1S/C13H21N5O3S/c1-11-10-12(21-15-11)8-6-4-3-5-7-9-22(19,20)13-14-16-17-18(13)2/h10H,3-9H2,1-2H3. The third-order valence-corrected chi connectivity index (χ3v) is 5.10. The minimum absolute atomic E-state index is 0.0619. The van der Waals surface area contributed by atoms with Gasteiger partial charge in [-0.3, -0.25) is 0 Å². The quantitative estimate of drug-likeness (QED) is 0.642. The van der Waals surface area contributed by atoms with Crippen LogP contribution in [-0.4, -0.2) is 39.5 Å². The van der Waals surface area contributed by atoms with Crippen LogP contribution in [0.5, 0.6) is 0 Å². The maximum absolute atomic E-state index is 12.0. The molecule has 22 heavy (non-hydrogen) atoms. The van der Waals surface area contributed by atoms with Crippen molar-refractivity contribution in [3.05, 3.63) is 17.5 Å². The summed E-state index contributed by atoms with van der Waals surface area (Å²) >= 11 is 0. The first-order valence-electron chi connectivity index (χ1n) is 7.36. The van der Waals surface area contributed by atoms with Crippen molar-refractivity contribution < 1.29 is 12.9 Å². The molecule has 0 bridgehead atoms. The second-order valence-corrected chi connectivity index (χ2v) is 7.36. The van der Waals surface area contributed by atoms with Crippen LogP contribution in [0.3, 0.4) is 0 Å². The number of aryl methyl sites for hydroxylation is 3. The molecule has 0 saturated heterocycles. The Kier molecular flexibility index (Phi) is 5.64. The highest BCUT2D eigenvalue weighted by Gasteiger charge is 2.20. The van der Waals surface area contributed by atoms with Crippen LogP contribution < -0.4 is 0 Å². The van der Waals surface area contributed by atoms with Gasteiger partial charge in [0.05, 0.1) is 11.4 Å². The molecule has 0 amide bonds. The number of rotatable bonds is 9. The van der Waals surface area contributed by atoms with Gasteiger partial charge in [-0.15, -0.1) is 0 Å². The third kappa shape index (κ3) is 4.62. The molecule has 8 nitrogen and oxygen atoms in total. The molecular weight excluding hydrogens is 306 g/mol. The fourth-order valence-corrected chi connectivity index (χ4v) is 3.60. The number of hydrogen-bond donors (Lipinski definition) is 0. The predicted molar refractivity (Wildman–Crippen MR) is 78.9 cm³/mol. The van der Waals surface area contributed by atoms with Crippen molar-refractivity contribution in [1.82, 2.24) is 25.4 Å². The Morgan fingerprint density at radius 1 is 1.18 bits per heavy atom. The van der Waals surface area contributed by atoms with Gasteiger partial charge in [-0.25, -0.2) is 13.1 Å². The first-order valence-corrected chi connectivity index (χ1v) is 9.01. The molecule has 0 saturated carbocycles. The molecule has 9 heteroatoms. The average molecular weight is 327 g/mol. The first-order chi connectivity index (χ1) is 10.5. The molecule has 0 aromatic carbocycles. The normalized spacial score (nSPS) is 11.9. The fourth-order valence-electron chi connectivity index (χ4n) is 2.23. The molecule has 2 rings (SSSR count). The van der Waals surface area contributed by atoms with Crippen LogP contribution in [0.2, 0.25) is 0 Å². The Labute approximate surface area is 129 Å². The highest BCUT2D eigenvalue weighted by molar-refractivity contribution is 7.91. The van der Waals surface area contributed by atoms with Crippen molar-refractivity contribution in [2.45, 2.75) is 50.6 Å². The van der Waals surface area contributed by atoms with Crippen LogP contribution in [0.4, 0.5) is 0 Å². The molecule has 0 atom stereocenters. The van der Waals surface area contributed by atoms with E-state index in [2.05, 4.69) is 20.7 Å². The summed E-state index contributed by atoms with van der Waals surface area (Å²) in [6, 6.07) is 1.95. The summed E-state index contributed by atoms with van der Waals surface area (Å²) in [5, 5.41) is 14.2. The summed E-state index contributed by atoms with van der Waals surface area (Å²) in [5.41, 5.74) is 0.901. The second kappa shape index (κ2) is 7.48. The lowest BCUT2D eigenvalue weighted by molar-refractivity contribution is 0.375. The van der Waals surface area contributed by atoms with E-state index in [1.165, 1.54) is 11.7 Å². The van der Waals surface area contributed by atoms with E-state index in [0.717, 1.165) is 43.6 Å². The molecule has 0 spiro atoms. The average Bonchev–Trinajstić information content (AvgIpc) is 3.06. The van der Waals surface area contributed by atoms with Crippen molar-refractivity contribution in [3.8, 4) is 0 Å². The van der Waals surface area contributed by atoms with Crippen molar-refractivity contribution in [3.63, 3.8) is 0 Å². The van der Waals surface area contributed by atoms with Crippen LogP contribution in [0, 0.1) is 6.92 Å². The lowest BCUT2D eigenvalue weighted by atomic mass is 10.1. The Balaban J connectivity index is 1.60. The van der Waals surface area contributed by atoms with Crippen molar-refractivity contribution >= 4 is 9.84 Å². The lowest BCUT2D eigenvalue weighted by Crippen LogP contribution is -2.13. The monoisotopic (exact) mass is 327 g/mol. The van der Waals surface area contributed by atoms with Gasteiger partial charge in [-0.2, -0.15) is 0 Å². The predicted octanol–water partition coefficient (Wildman–Crippen LogP) is 1.47. The third-order valence-electron chi connectivity index (χ3n) is 3.37. The Hall–Kier alpha value is -1.77. The summed E-state index contributed by atoms with van der Waals surface area (Å²) in [6.45, 7) is 1.90. The zero-order chi connectivity index (χ0) is 16.0. The molecular formula is C13H21N5O3S. The van der Waals surface area contributed by atoms with E-state index in [1.54, 1.807) is 0 Å². The summed E-state index contributed by atoms with van der Waals surface area (Å²) in [4.78, 5) is 0. The molecule has 0 aliphatic heterocycles. The van der Waals surface area contributed by atoms with Crippen LogP contribution in [-0.2, 0) is 23.3 Å². The van der Waals surface area contributed by atoms with E-state index in [9.17, 15) is 8.42 Å². The topological polar surface area (TPSA) is 104 Å². The van der Waals surface area contributed by atoms with Crippen LogP contribution in [0.15, 0.2) is 15.7 Å². The molecule has 0 aliphatic carbocycles. The Morgan fingerprint density at radius 2 is 1.91 bits per heavy atom. The number of aromatic nitrogens is 5. The van der Waals surface area contributed by atoms with Gasteiger partial charge in [0.25, 0.3) is 5.16 Å². The molecule has 2 heterocycles. The summed E-state index contributed by atoms with van der Waals surface area (Å²) in [7, 11) is -1.85. The second-order valence-electron chi connectivity index (χ2n) is 5.36. The minimum atomic E-state index is -3.38. The van der Waals surface area contributed by atoms with Crippen LogP contribution >= 0.6 is 0 Å². The molecule has 2 aromatic rings. The summed E-state index contributed by atoms with van der Waals surface area (Å²) in [6.07, 6.45) is 5.44. The van der Waals surface area contributed by atoms with Gasteiger partial charge < -0.3 is 4.52 Å². The number of sulfone groups is 1. The first kappa shape index (κ1) is 16.6. The highest BCUT2D eigenvalue weighted by Crippen LogP contribution is 2.12. The zero-order valence-electron chi connectivity index (χ0n) is 12.9. The van der Waals surface area contributed by atoms with E-state index in [4.69, 9.17) is 4.52 Å². The molecule has 0 unspecified atom stereocenters. The van der Waals surface area contributed by atoms with Gasteiger partial charge in [0.1, 0.15) is 5.76 Å². The number of unbranched alkanes of at least 4 members (excludes halogenated alkanes) is 4. The van der Waals surface area contributed by atoms with Gasteiger partial charge >= 0.3 is 0 Å². The summed E-state index contributed by atoms with van der Waals surface area (Å²) < 4.78 is 30.3. The smallest absolute Gasteiger partial charge is 0.267 e. The SMILES string of the molecule is Cc1cc(CCCCCCCS(=O)(=O)c2nnnn2C)on1. The van der Waals surface area contributed by atoms with Crippen molar-refractivity contribution in [2.24, 2.45) is 7.05 Å². The van der Waals surface area contributed by atoms with E-state index in [1.807, 2.05) is 13.0 Å². The van der Waals surface area contributed by atoms with E-state index >= 15 is 0 Å². The van der Waals surface area contributed by atoms with Gasteiger partial charge in [-0.05, 0) is 30.2 Å². The number of hydrogen-bond acceptors (Lipinski definition) is 7. The maximum Gasteiger partial charge on any atom is 0.267 e. The van der Waals surface area contributed by atoms with Crippen molar-refractivity contribution in [1.29, 1.82) is 0 Å². The van der Waals surface area contributed by atoms with Crippen LogP contribution in [0.25, 0.3) is 0 Å². The minimum Gasteiger partial charge on any atom is -0.361 e. The zero-order valence-corrected chi connectivity index (χ0v) is 13.7. The molecule has 0 radical (unpaired) electrons. The Morgan fingerprint density at radius 3 is 2.55 bits per heavy atom. The Bertz CT molecular complexity index is 692. The number of tetrazole rings is 1. The molecule has 0 fully saturated rings. The van der Waals surface area contributed by atoms with Gasteiger partial charge in [0, 0.05) is 19.5 Å². The van der Waals surface area contributed by atoms with E-state index < -0.39 is 9.84 Å². The highest BCUT2D eigenvalue weighted by atomic mass is 32.2. The molecule has 122 valence electrons. The van der Waals surface area contributed by atoms with E-state index in [-0.39, 0.29) is 10.9 Å². The molecule has 2 aromatic heterocycles. The van der Waals surface area contributed by atoms with Crippen molar-refractivity contribution in [2.75, 3.05) is 5.75 Å². The van der Waals surface area contributed by atoms with E-state index in [0.29, 0.717) is 6.42 Å². The maximum atomic E-state index is 12.0. The van der Waals surface area contributed by atoms with Gasteiger partial charge in [0.15, 0.2) is 0 Å². The fraction of sp³-hybridized carbons (Fsp3) is 0.692. The molecule has 0 N–H and O–H groups in total. The molecule has 0 aliphatic rings. The van der Waals surface area contributed by atoms with Crippen LogP contribution in [0.1, 0.15) is 43.6 Å². The number of nitrogens with zero attached hydrogens (tertiary/aromatic N) is 5. The lowest BCUT2D eigenvalue weighted by Gasteiger charge is -2.02.